The first-order valence-electron chi connectivity index (χ1n) is 11.8. The molecule has 6 nitrogen and oxygen atoms in total. The normalized spacial score (nSPS) is 18.2. The van der Waals surface area contributed by atoms with Gasteiger partial charge in [-0.2, -0.15) is 0 Å². The molecule has 1 aliphatic carbocycles. The summed E-state index contributed by atoms with van der Waals surface area (Å²) in [4.78, 5) is 29.8. The zero-order chi connectivity index (χ0) is 23.8. The number of carbonyl (C=O) groups excluding carboxylic acids is 2. The van der Waals surface area contributed by atoms with Crippen molar-refractivity contribution in [3.05, 3.63) is 63.7 Å². The Balaban J connectivity index is 1.73. The number of aromatic nitrogens is 1. The third-order valence-electron chi connectivity index (χ3n) is 6.66. The topological polar surface area (TPSA) is 69.9 Å². The number of rotatable bonds is 4. The summed E-state index contributed by atoms with van der Waals surface area (Å²) in [6, 6.07) is 11.8. The Morgan fingerprint density at radius 3 is 2.79 bits per heavy atom. The van der Waals surface area contributed by atoms with Crippen molar-refractivity contribution in [2.24, 2.45) is 11.1 Å². The van der Waals surface area contributed by atoms with Gasteiger partial charge in [-0.05, 0) is 50.8 Å². The van der Waals surface area contributed by atoms with Gasteiger partial charge in [-0.15, -0.1) is 0 Å². The van der Waals surface area contributed by atoms with Gasteiger partial charge in [-0.1, -0.05) is 41.6 Å². The number of Topliss-reactive ketones (excluding diaryl/α,β-unsaturated/α-hetero) is 1. The van der Waals surface area contributed by atoms with Crippen LogP contribution in [0, 0.1) is 12.8 Å². The predicted molar refractivity (Wildman–Crippen MR) is 132 cm³/mol. The van der Waals surface area contributed by atoms with Crippen LogP contribution in [0.2, 0.25) is 0 Å². The summed E-state index contributed by atoms with van der Waals surface area (Å²) in [5.41, 5.74) is 4.37. The van der Waals surface area contributed by atoms with Crippen molar-refractivity contribution in [1.82, 2.24) is 4.57 Å². The highest BCUT2D eigenvalue weighted by molar-refractivity contribution is 6.08. The van der Waals surface area contributed by atoms with Crippen molar-refractivity contribution in [2.75, 3.05) is 6.61 Å². The predicted octanol–water partition coefficient (Wildman–Crippen LogP) is 3.87. The minimum absolute atomic E-state index is 0.137. The molecule has 2 heterocycles. The van der Waals surface area contributed by atoms with Gasteiger partial charge in [-0.3, -0.25) is 4.79 Å². The molecule has 0 spiro atoms. The van der Waals surface area contributed by atoms with Crippen LogP contribution in [0.1, 0.15) is 54.6 Å². The van der Waals surface area contributed by atoms with E-state index in [9.17, 15) is 9.59 Å². The maximum Gasteiger partial charge on any atom is 0.331 e. The summed E-state index contributed by atoms with van der Waals surface area (Å²) in [6.07, 6.45) is 6.38. The molecule has 0 saturated carbocycles. The highest BCUT2D eigenvalue weighted by atomic mass is 16.7. The van der Waals surface area contributed by atoms with Gasteiger partial charge in [0.05, 0.1) is 17.8 Å². The molecule has 0 saturated heterocycles. The maximum absolute atomic E-state index is 13.4. The number of oxime groups is 1. The van der Waals surface area contributed by atoms with Crippen molar-refractivity contribution >= 4 is 40.5 Å². The Morgan fingerprint density at radius 2 is 2.03 bits per heavy atom. The molecular weight excluding hydrogens is 428 g/mol. The molecule has 1 aromatic heterocycles. The van der Waals surface area contributed by atoms with Gasteiger partial charge in [0, 0.05) is 46.5 Å². The van der Waals surface area contributed by atoms with Crippen LogP contribution in [0.25, 0.3) is 23.1 Å². The van der Waals surface area contributed by atoms with Crippen molar-refractivity contribution in [2.45, 2.75) is 46.6 Å². The Morgan fingerprint density at radius 1 is 1.21 bits per heavy atom. The van der Waals surface area contributed by atoms with Crippen LogP contribution in [-0.2, 0) is 16.2 Å². The highest BCUT2D eigenvalue weighted by Gasteiger charge is 2.26. The summed E-state index contributed by atoms with van der Waals surface area (Å²) in [6.45, 7) is 6.80. The number of hydrogen-bond acceptors (Lipinski definition) is 5. The molecule has 1 aliphatic heterocycles. The van der Waals surface area contributed by atoms with E-state index in [0.29, 0.717) is 25.2 Å². The van der Waals surface area contributed by atoms with Crippen LogP contribution < -0.4 is 15.3 Å². The van der Waals surface area contributed by atoms with Crippen molar-refractivity contribution in [3.63, 3.8) is 0 Å². The van der Waals surface area contributed by atoms with E-state index in [4.69, 9.17) is 9.57 Å². The van der Waals surface area contributed by atoms with E-state index in [1.807, 2.05) is 37.3 Å². The van der Waals surface area contributed by atoms with Crippen LogP contribution >= 0.6 is 0 Å². The lowest BCUT2D eigenvalue weighted by molar-refractivity contribution is -0.140. The molecule has 6 heteroatoms. The molecule has 0 fully saturated rings. The zero-order valence-electron chi connectivity index (χ0n) is 19.8. The van der Waals surface area contributed by atoms with E-state index < -0.39 is 5.97 Å². The Hall–Kier alpha value is -3.67. The van der Waals surface area contributed by atoms with E-state index >= 15 is 0 Å². The Kier molecular flexibility index (Phi) is 5.82. The average molecular weight is 457 g/mol. The smallest absolute Gasteiger partial charge is 0.331 e. The van der Waals surface area contributed by atoms with Gasteiger partial charge in [0.15, 0.2) is 5.78 Å². The van der Waals surface area contributed by atoms with Gasteiger partial charge in [0.2, 0.25) is 0 Å². The molecule has 0 amide bonds. The number of carbonyl (C=O) groups is 2. The molecule has 1 atom stereocenters. The molecule has 0 bridgehead atoms. The van der Waals surface area contributed by atoms with Crippen molar-refractivity contribution < 1.29 is 19.2 Å². The van der Waals surface area contributed by atoms with E-state index in [1.165, 1.54) is 6.92 Å². The fourth-order valence-electron chi connectivity index (χ4n) is 5.07. The summed E-state index contributed by atoms with van der Waals surface area (Å²) >= 11 is 0. The number of ketones is 1. The molecule has 0 radical (unpaired) electrons. The largest absolute Gasteiger partial charge is 0.492 e. The molecule has 174 valence electrons. The monoisotopic (exact) mass is 456 g/mol. The first-order chi connectivity index (χ1) is 16.5. The number of fused-ring (bicyclic) bond motifs is 5. The lowest BCUT2D eigenvalue weighted by Crippen LogP contribution is -2.34. The second-order valence-corrected chi connectivity index (χ2v) is 8.84. The minimum Gasteiger partial charge on any atom is -0.492 e. The number of nitrogens with zero attached hydrogens (tertiary/aromatic N) is 2. The number of ether oxygens (including phenoxy) is 1. The van der Waals surface area contributed by atoms with Crippen LogP contribution in [0.3, 0.4) is 0 Å². The van der Waals surface area contributed by atoms with Gasteiger partial charge in [0.1, 0.15) is 5.75 Å². The van der Waals surface area contributed by atoms with Crippen LogP contribution in [0.15, 0.2) is 41.6 Å². The fraction of sp³-hybridized carbons (Fsp3) is 0.321. The standard InChI is InChI=1S/C28H28N2O4/c1-4-30-24-13-11-19(27(32)20-9-6-5-8-17(20)2)16-22(24)26-25(30)14-12-21-23(29-34-18(3)31)10-7-15-33-28(21)26/h5-6,8-9,12-14,16,19H,4,7,10-11,15H2,1-3H3/b29-23+. The van der Waals surface area contributed by atoms with Crippen LogP contribution in [0.5, 0.6) is 5.75 Å². The Labute approximate surface area is 198 Å². The lowest BCUT2D eigenvalue weighted by atomic mass is 9.89. The second kappa shape index (κ2) is 8.93. The summed E-state index contributed by atoms with van der Waals surface area (Å²) < 4.78 is 8.54. The highest BCUT2D eigenvalue weighted by Crippen LogP contribution is 2.32. The summed E-state index contributed by atoms with van der Waals surface area (Å²) in [7, 11) is 0. The van der Waals surface area contributed by atoms with Crippen LogP contribution in [-0.4, -0.2) is 28.6 Å². The molecule has 34 heavy (non-hydrogen) atoms. The van der Waals surface area contributed by atoms with E-state index in [-0.39, 0.29) is 11.7 Å². The lowest BCUT2D eigenvalue weighted by Gasteiger charge is -2.14. The molecule has 3 aromatic rings. The van der Waals surface area contributed by atoms with Gasteiger partial charge in [-0.25, -0.2) is 4.79 Å². The van der Waals surface area contributed by atoms with Gasteiger partial charge < -0.3 is 14.1 Å². The second-order valence-electron chi connectivity index (χ2n) is 8.84. The van der Waals surface area contributed by atoms with Crippen molar-refractivity contribution in [1.29, 1.82) is 0 Å². The first-order valence-corrected chi connectivity index (χ1v) is 11.8. The van der Waals surface area contributed by atoms with E-state index in [1.54, 1.807) is 0 Å². The van der Waals surface area contributed by atoms with Crippen molar-refractivity contribution in [3.8, 4) is 5.75 Å². The molecular formula is C28H28N2O4. The quantitative estimate of drug-likeness (QED) is 0.340. The third kappa shape index (κ3) is 3.73. The number of aryl methyl sites for hydroxylation is 2. The van der Waals surface area contributed by atoms with E-state index in [0.717, 1.165) is 56.9 Å². The van der Waals surface area contributed by atoms with Gasteiger partial charge >= 0.3 is 5.97 Å². The van der Waals surface area contributed by atoms with Gasteiger partial charge in [0.25, 0.3) is 0 Å². The Bertz CT molecular complexity index is 1460. The van der Waals surface area contributed by atoms with Crippen LogP contribution in [0.4, 0.5) is 0 Å². The number of benzene rings is 2. The SMILES string of the molecule is CCn1c2c(c3c4c(ccc31)/C(=N/OC(C)=O)CCCO4)=CC(C(=O)c1ccccc1C)CC=2. The number of hydrogen-bond donors (Lipinski definition) is 0. The summed E-state index contributed by atoms with van der Waals surface area (Å²) in [5, 5.41) is 7.27. The van der Waals surface area contributed by atoms with E-state index in [2.05, 4.69) is 34.9 Å². The zero-order valence-corrected chi connectivity index (χ0v) is 19.8. The molecule has 1 unspecified atom stereocenters. The average Bonchev–Trinajstić information content (AvgIpc) is 3.01. The fourth-order valence-corrected chi connectivity index (χ4v) is 5.07. The summed E-state index contributed by atoms with van der Waals surface area (Å²) in [5.74, 6) is 0.200. The molecule has 0 N–H and O–H groups in total. The molecule has 2 aromatic carbocycles. The minimum atomic E-state index is -0.449. The molecule has 2 aliphatic rings. The maximum atomic E-state index is 13.4. The third-order valence-corrected chi connectivity index (χ3v) is 6.66. The first kappa shape index (κ1) is 22.1. The molecule has 5 rings (SSSR count).